The number of carbonyl (C=O) groups is 1. The first kappa shape index (κ1) is 16.4. The van der Waals surface area contributed by atoms with Gasteiger partial charge in [-0.3, -0.25) is 4.79 Å². The van der Waals surface area contributed by atoms with Crippen LogP contribution in [0, 0.1) is 5.41 Å². The van der Waals surface area contributed by atoms with Crippen LogP contribution in [0.4, 0.5) is 0 Å². The number of hydrogen-bond acceptors (Lipinski definition) is 3. The van der Waals surface area contributed by atoms with Crippen molar-refractivity contribution in [1.82, 2.24) is 5.32 Å². The van der Waals surface area contributed by atoms with Crippen LogP contribution >= 0.6 is 0 Å². The molecule has 0 amide bonds. The number of carboxylic acid groups (broad SMARTS) is 1. The normalized spacial score (nSPS) is 13.6. The molecule has 3 N–H and O–H groups in total. The number of aliphatic carboxylic acids is 1. The molecule has 0 spiro atoms. The number of unbranched alkanes of at least 4 members (excludes halogenated alkanes) is 2. The highest BCUT2D eigenvalue weighted by atomic mass is 16.4. The standard InChI is InChI=1S/C13H27NO3/c1-4-5-6-7-13(2,3)10-14-9-11(15)8-12(16)17/h11,14-15H,4-10H2,1-3H3,(H,16,17). The van der Waals surface area contributed by atoms with E-state index in [9.17, 15) is 9.90 Å². The fraction of sp³-hybridized carbons (Fsp3) is 0.923. The minimum Gasteiger partial charge on any atom is -0.481 e. The Bertz CT molecular complexity index is 217. The molecule has 0 aliphatic rings. The second kappa shape index (κ2) is 8.48. The van der Waals surface area contributed by atoms with Crippen molar-refractivity contribution in [3.8, 4) is 0 Å². The van der Waals surface area contributed by atoms with Crippen LogP contribution < -0.4 is 5.32 Å². The minimum atomic E-state index is -0.957. The molecule has 0 aliphatic carbocycles. The molecular weight excluding hydrogens is 218 g/mol. The third kappa shape index (κ3) is 10.3. The van der Waals surface area contributed by atoms with Crippen LogP contribution in [-0.2, 0) is 4.79 Å². The lowest BCUT2D eigenvalue weighted by Crippen LogP contribution is -2.35. The fourth-order valence-corrected chi connectivity index (χ4v) is 1.79. The Hall–Kier alpha value is -0.610. The van der Waals surface area contributed by atoms with Crippen LogP contribution in [0.15, 0.2) is 0 Å². The van der Waals surface area contributed by atoms with E-state index >= 15 is 0 Å². The third-order valence-corrected chi connectivity index (χ3v) is 2.85. The van der Waals surface area contributed by atoms with E-state index in [0.29, 0.717) is 6.54 Å². The molecule has 0 heterocycles. The Morgan fingerprint density at radius 1 is 1.35 bits per heavy atom. The molecule has 4 nitrogen and oxygen atoms in total. The Labute approximate surface area is 104 Å². The van der Waals surface area contributed by atoms with E-state index in [1.807, 2.05) is 0 Å². The lowest BCUT2D eigenvalue weighted by atomic mass is 9.87. The highest BCUT2D eigenvalue weighted by molar-refractivity contribution is 5.67. The van der Waals surface area contributed by atoms with Crippen LogP contribution in [0.5, 0.6) is 0 Å². The molecule has 1 unspecified atom stereocenters. The van der Waals surface area contributed by atoms with Crippen molar-refractivity contribution in [3.63, 3.8) is 0 Å². The molecule has 1 atom stereocenters. The van der Waals surface area contributed by atoms with E-state index in [1.54, 1.807) is 0 Å². The number of rotatable bonds is 10. The van der Waals surface area contributed by atoms with Gasteiger partial charge < -0.3 is 15.5 Å². The van der Waals surface area contributed by atoms with Gasteiger partial charge in [-0.15, -0.1) is 0 Å². The second-order valence-corrected chi connectivity index (χ2v) is 5.50. The summed E-state index contributed by atoms with van der Waals surface area (Å²) < 4.78 is 0. The number of aliphatic hydroxyl groups is 1. The minimum absolute atomic E-state index is 0.191. The zero-order chi connectivity index (χ0) is 13.3. The van der Waals surface area contributed by atoms with Gasteiger partial charge in [-0.05, 0) is 11.8 Å². The molecule has 0 aromatic heterocycles. The van der Waals surface area contributed by atoms with E-state index in [4.69, 9.17) is 5.11 Å². The van der Waals surface area contributed by atoms with Gasteiger partial charge in [-0.1, -0.05) is 40.0 Å². The molecule has 102 valence electrons. The van der Waals surface area contributed by atoms with Crippen molar-refractivity contribution in [1.29, 1.82) is 0 Å². The van der Waals surface area contributed by atoms with E-state index in [-0.39, 0.29) is 11.8 Å². The Balaban J connectivity index is 3.67. The summed E-state index contributed by atoms with van der Waals surface area (Å²) in [5.74, 6) is -0.957. The first-order valence-electron chi connectivity index (χ1n) is 6.48. The summed E-state index contributed by atoms with van der Waals surface area (Å²) in [7, 11) is 0. The van der Waals surface area contributed by atoms with Gasteiger partial charge in [-0.25, -0.2) is 0 Å². The van der Waals surface area contributed by atoms with Gasteiger partial charge in [0.05, 0.1) is 12.5 Å². The highest BCUT2D eigenvalue weighted by Gasteiger charge is 2.17. The van der Waals surface area contributed by atoms with Gasteiger partial charge in [0.2, 0.25) is 0 Å². The van der Waals surface area contributed by atoms with Crippen molar-refractivity contribution in [2.24, 2.45) is 5.41 Å². The highest BCUT2D eigenvalue weighted by Crippen LogP contribution is 2.22. The maximum Gasteiger partial charge on any atom is 0.306 e. The smallest absolute Gasteiger partial charge is 0.306 e. The van der Waals surface area contributed by atoms with Gasteiger partial charge in [0, 0.05) is 13.1 Å². The Kier molecular flexibility index (Phi) is 8.17. The SMILES string of the molecule is CCCCCC(C)(C)CNCC(O)CC(=O)O. The van der Waals surface area contributed by atoms with Gasteiger partial charge in [0.25, 0.3) is 0 Å². The fourth-order valence-electron chi connectivity index (χ4n) is 1.79. The van der Waals surface area contributed by atoms with E-state index in [1.165, 1.54) is 19.3 Å². The predicted octanol–water partition coefficient (Wildman–Crippen LogP) is 2.02. The lowest BCUT2D eigenvalue weighted by Gasteiger charge is -2.25. The molecule has 0 aromatic rings. The van der Waals surface area contributed by atoms with E-state index < -0.39 is 12.1 Å². The Morgan fingerprint density at radius 3 is 2.53 bits per heavy atom. The topological polar surface area (TPSA) is 69.6 Å². The van der Waals surface area contributed by atoms with Gasteiger partial charge >= 0.3 is 5.97 Å². The zero-order valence-corrected chi connectivity index (χ0v) is 11.3. The first-order chi connectivity index (χ1) is 7.87. The molecule has 4 heteroatoms. The predicted molar refractivity (Wildman–Crippen MR) is 69.1 cm³/mol. The summed E-state index contributed by atoms with van der Waals surface area (Å²) in [6, 6.07) is 0. The number of nitrogens with one attached hydrogen (secondary N) is 1. The monoisotopic (exact) mass is 245 g/mol. The maximum atomic E-state index is 10.4. The molecule has 0 saturated heterocycles. The molecule has 0 bridgehead atoms. The summed E-state index contributed by atoms with van der Waals surface area (Å²) >= 11 is 0. The van der Waals surface area contributed by atoms with Crippen molar-refractivity contribution < 1.29 is 15.0 Å². The van der Waals surface area contributed by atoms with Crippen LogP contribution in [0.2, 0.25) is 0 Å². The van der Waals surface area contributed by atoms with Gasteiger partial charge in [0.1, 0.15) is 0 Å². The van der Waals surface area contributed by atoms with Crippen molar-refractivity contribution >= 4 is 5.97 Å². The molecule has 0 aliphatic heterocycles. The van der Waals surface area contributed by atoms with Gasteiger partial charge in [-0.2, -0.15) is 0 Å². The van der Waals surface area contributed by atoms with Crippen molar-refractivity contribution in [3.05, 3.63) is 0 Å². The second-order valence-electron chi connectivity index (χ2n) is 5.50. The first-order valence-corrected chi connectivity index (χ1v) is 6.48. The van der Waals surface area contributed by atoms with Crippen LogP contribution in [0.25, 0.3) is 0 Å². The maximum absolute atomic E-state index is 10.4. The summed E-state index contributed by atoms with van der Waals surface area (Å²) in [5, 5.41) is 21.0. The number of aliphatic hydroxyl groups excluding tert-OH is 1. The summed E-state index contributed by atoms with van der Waals surface area (Å²) in [6.07, 6.45) is 3.87. The zero-order valence-electron chi connectivity index (χ0n) is 11.3. The van der Waals surface area contributed by atoms with E-state index in [0.717, 1.165) is 13.0 Å². The van der Waals surface area contributed by atoms with E-state index in [2.05, 4.69) is 26.1 Å². The lowest BCUT2D eigenvalue weighted by molar-refractivity contribution is -0.139. The molecular formula is C13H27NO3. The molecule has 17 heavy (non-hydrogen) atoms. The van der Waals surface area contributed by atoms with Crippen LogP contribution in [0.1, 0.15) is 52.9 Å². The molecule has 0 rings (SSSR count). The van der Waals surface area contributed by atoms with Crippen molar-refractivity contribution in [2.75, 3.05) is 13.1 Å². The molecule has 0 radical (unpaired) electrons. The summed E-state index contributed by atoms with van der Waals surface area (Å²) in [5.41, 5.74) is 0.206. The average Bonchev–Trinajstić information content (AvgIpc) is 2.16. The molecule has 0 fully saturated rings. The summed E-state index contributed by atoms with van der Waals surface area (Å²) in [4.78, 5) is 10.4. The average molecular weight is 245 g/mol. The Morgan fingerprint density at radius 2 is 2.00 bits per heavy atom. The molecule has 0 aromatic carbocycles. The number of hydrogen-bond donors (Lipinski definition) is 3. The van der Waals surface area contributed by atoms with Crippen molar-refractivity contribution in [2.45, 2.75) is 59.0 Å². The number of carboxylic acids is 1. The van der Waals surface area contributed by atoms with Crippen LogP contribution in [-0.4, -0.2) is 35.4 Å². The van der Waals surface area contributed by atoms with Crippen LogP contribution in [0.3, 0.4) is 0 Å². The summed E-state index contributed by atoms with van der Waals surface area (Å²) in [6.45, 7) is 7.74. The largest absolute Gasteiger partial charge is 0.481 e. The molecule has 0 saturated carbocycles. The third-order valence-electron chi connectivity index (χ3n) is 2.85. The quantitative estimate of drug-likeness (QED) is 0.515. The van der Waals surface area contributed by atoms with Gasteiger partial charge in [0.15, 0.2) is 0 Å².